The van der Waals surface area contributed by atoms with Crippen molar-refractivity contribution in [1.29, 1.82) is 0 Å². The maximum Gasteiger partial charge on any atom is 0.159 e. The first-order chi connectivity index (χ1) is 9.81. The van der Waals surface area contributed by atoms with Crippen molar-refractivity contribution >= 4 is 22.2 Å². The maximum absolute atomic E-state index is 4.44. The molecule has 4 aromatic rings. The van der Waals surface area contributed by atoms with Crippen molar-refractivity contribution in [1.82, 2.24) is 29.5 Å². The van der Waals surface area contributed by atoms with E-state index in [9.17, 15) is 0 Å². The van der Waals surface area contributed by atoms with Crippen LogP contribution in [0.5, 0.6) is 0 Å². The quantitative estimate of drug-likeness (QED) is 0.553. The highest BCUT2D eigenvalue weighted by molar-refractivity contribution is 5.74. The molecular weight excluding hydrogens is 252 g/mol. The van der Waals surface area contributed by atoms with Crippen LogP contribution in [0.2, 0.25) is 0 Å². The van der Waals surface area contributed by atoms with Gasteiger partial charge in [0.25, 0.3) is 0 Å². The third kappa shape index (κ3) is 1.65. The number of pyridine rings is 1. The van der Waals surface area contributed by atoms with Crippen LogP contribution in [0.15, 0.2) is 42.9 Å². The summed E-state index contributed by atoms with van der Waals surface area (Å²) < 4.78 is 3.78. The first-order valence-corrected chi connectivity index (χ1v) is 6.35. The minimum atomic E-state index is 0.639. The van der Waals surface area contributed by atoms with Crippen molar-refractivity contribution < 1.29 is 0 Å². The Labute approximate surface area is 114 Å². The van der Waals surface area contributed by atoms with Gasteiger partial charge in [0.1, 0.15) is 11.0 Å². The van der Waals surface area contributed by atoms with Crippen molar-refractivity contribution in [3.63, 3.8) is 0 Å². The second-order valence-electron chi connectivity index (χ2n) is 4.78. The van der Waals surface area contributed by atoms with Crippen LogP contribution >= 0.6 is 0 Å². The number of aromatic nitrogens is 6. The van der Waals surface area contributed by atoms with Crippen LogP contribution in [0.1, 0.15) is 5.56 Å². The lowest BCUT2D eigenvalue weighted by Crippen LogP contribution is -2.02. The van der Waals surface area contributed by atoms with E-state index in [0.717, 1.165) is 27.8 Å². The van der Waals surface area contributed by atoms with Crippen LogP contribution in [-0.2, 0) is 13.6 Å². The fraction of sp³-hybridized carbons (Fsp3) is 0.143. The number of aryl methyl sites for hydroxylation is 1. The molecule has 0 spiro atoms. The van der Waals surface area contributed by atoms with E-state index >= 15 is 0 Å². The molecule has 0 fully saturated rings. The summed E-state index contributed by atoms with van der Waals surface area (Å²) >= 11 is 0. The fourth-order valence-electron chi connectivity index (χ4n) is 2.35. The molecule has 0 atom stereocenters. The molecule has 0 aliphatic heterocycles. The van der Waals surface area contributed by atoms with Crippen LogP contribution in [0.3, 0.4) is 0 Å². The van der Waals surface area contributed by atoms with Gasteiger partial charge in [0.2, 0.25) is 0 Å². The van der Waals surface area contributed by atoms with E-state index in [2.05, 4.69) is 20.3 Å². The zero-order chi connectivity index (χ0) is 13.5. The van der Waals surface area contributed by atoms with Crippen molar-refractivity contribution in [2.75, 3.05) is 0 Å². The van der Waals surface area contributed by atoms with Gasteiger partial charge in [0.15, 0.2) is 5.65 Å². The Balaban J connectivity index is 1.76. The van der Waals surface area contributed by atoms with Crippen molar-refractivity contribution in [2.24, 2.45) is 7.05 Å². The van der Waals surface area contributed by atoms with E-state index < -0.39 is 0 Å². The minimum absolute atomic E-state index is 0.639. The second kappa shape index (κ2) is 4.12. The summed E-state index contributed by atoms with van der Waals surface area (Å²) in [4.78, 5) is 8.77. The zero-order valence-corrected chi connectivity index (χ0v) is 10.9. The SMILES string of the molecule is Cn1cnc2cc(Cn3nnc4ccccc43)cnc21. The van der Waals surface area contributed by atoms with Crippen LogP contribution < -0.4 is 0 Å². The molecule has 20 heavy (non-hydrogen) atoms. The Morgan fingerprint density at radius 3 is 2.95 bits per heavy atom. The summed E-state index contributed by atoms with van der Waals surface area (Å²) in [5.41, 5.74) is 4.77. The van der Waals surface area contributed by atoms with Crippen LogP contribution in [0.25, 0.3) is 22.2 Å². The molecule has 0 aliphatic carbocycles. The standard InChI is InChI=1S/C14H12N6/c1-19-9-16-12-6-10(7-15-14(12)19)8-20-13-5-3-2-4-11(13)17-18-20/h2-7,9H,8H2,1H3. The van der Waals surface area contributed by atoms with E-state index in [1.54, 1.807) is 6.33 Å². The summed E-state index contributed by atoms with van der Waals surface area (Å²) in [6.45, 7) is 0.639. The number of para-hydroxylation sites is 1. The summed E-state index contributed by atoms with van der Waals surface area (Å²) in [5.74, 6) is 0. The molecule has 3 heterocycles. The molecule has 4 rings (SSSR count). The third-order valence-electron chi connectivity index (χ3n) is 3.36. The van der Waals surface area contributed by atoms with Crippen molar-refractivity contribution in [3.05, 3.63) is 48.4 Å². The predicted molar refractivity (Wildman–Crippen MR) is 75.1 cm³/mol. The van der Waals surface area contributed by atoms with Gasteiger partial charge in [-0.1, -0.05) is 17.3 Å². The Bertz CT molecular complexity index is 904. The fourth-order valence-corrected chi connectivity index (χ4v) is 2.35. The smallest absolute Gasteiger partial charge is 0.159 e. The molecule has 6 nitrogen and oxygen atoms in total. The predicted octanol–water partition coefficient (Wildman–Crippen LogP) is 1.76. The molecule has 0 saturated carbocycles. The van der Waals surface area contributed by atoms with Crippen LogP contribution in [-0.4, -0.2) is 29.5 Å². The molecular formula is C14H12N6. The highest BCUT2D eigenvalue weighted by atomic mass is 15.4. The summed E-state index contributed by atoms with van der Waals surface area (Å²) in [6.07, 6.45) is 3.63. The largest absolute Gasteiger partial charge is 0.318 e. The average Bonchev–Trinajstić information content (AvgIpc) is 3.04. The number of benzene rings is 1. The van der Waals surface area contributed by atoms with Gasteiger partial charge in [-0.2, -0.15) is 0 Å². The number of nitrogens with zero attached hydrogens (tertiary/aromatic N) is 6. The Morgan fingerprint density at radius 1 is 1.10 bits per heavy atom. The number of fused-ring (bicyclic) bond motifs is 2. The lowest BCUT2D eigenvalue weighted by atomic mass is 10.2. The van der Waals surface area contributed by atoms with Gasteiger partial charge in [0.05, 0.1) is 18.4 Å². The Hall–Kier alpha value is -2.76. The van der Waals surface area contributed by atoms with Gasteiger partial charge < -0.3 is 4.57 Å². The van der Waals surface area contributed by atoms with E-state index in [4.69, 9.17) is 0 Å². The number of hydrogen-bond donors (Lipinski definition) is 0. The van der Waals surface area contributed by atoms with E-state index in [1.165, 1.54) is 0 Å². The summed E-state index contributed by atoms with van der Waals surface area (Å²) in [5, 5.41) is 8.34. The summed E-state index contributed by atoms with van der Waals surface area (Å²) in [7, 11) is 1.94. The number of hydrogen-bond acceptors (Lipinski definition) is 4. The lowest BCUT2D eigenvalue weighted by molar-refractivity contribution is 0.668. The molecule has 0 N–H and O–H groups in total. The topological polar surface area (TPSA) is 61.4 Å². The molecule has 98 valence electrons. The first kappa shape index (κ1) is 11.1. The maximum atomic E-state index is 4.44. The molecule has 3 aromatic heterocycles. The van der Waals surface area contributed by atoms with Crippen LogP contribution in [0, 0.1) is 0 Å². The normalized spacial score (nSPS) is 11.4. The molecule has 0 bridgehead atoms. The average molecular weight is 264 g/mol. The van der Waals surface area contributed by atoms with Gasteiger partial charge in [-0.05, 0) is 23.8 Å². The lowest BCUT2D eigenvalue weighted by Gasteiger charge is -2.02. The van der Waals surface area contributed by atoms with E-state index in [0.29, 0.717) is 6.54 Å². The number of imidazole rings is 1. The highest BCUT2D eigenvalue weighted by Gasteiger charge is 2.07. The zero-order valence-electron chi connectivity index (χ0n) is 10.9. The van der Waals surface area contributed by atoms with Gasteiger partial charge in [0, 0.05) is 13.2 Å². The molecule has 0 radical (unpaired) electrons. The third-order valence-corrected chi connectivity index (χ3v) is 3.36. The monoisotopic (exact) mass is 264 g/mol. The molecule has 0 aliphatic rings. The van der Waals surface area contributed by atoms with E-state index in [-0.39, 0.29) is 0 Å². The van der Waals surface area contributed by atoms with Crippen molar-refractivity contribution in [3.8, 4) is 0 Å². The van der Waals surface area contributed by atoms with E-state index in [1.807, 2.05) is 52.8 Å². The van der Waals surface area contributed by atoms with Gasteiger partial charge in [-0.25, -0.2) is 14.6 Å². The minimum Gasteiger partial charge on any atom is -0.318 e. The van der Waals surface area contributed by atoms with Crippen LogP contribution in [0.4, 0.5) is 0 Å². The Kier molecular flexibility index (Phi) is 2.29. The Morgan fingerprint density at radius 2 is 2.00 bits per heavy atom. The van der Waals surface area contributed by atoms with Gasteiger partial charge >= 0.3 is 0 Å². The molecule has 6 heteroatoms. The first-order valence-electron chi connectivity index (χ1n) is 6.35. The molecule has 0 saturated heterocycles. The number of rotatable bonds is 2. The molecule has 0 unspecified atom stereocenters. The van der Waals surface area contributed by atoms with Gasteiger partial charge in [-0.15, -0.1) is 5.10 Å². The highest BCUT2D eigenvalue weighted by Crippen LogP contribution is 2.14. The molecule has 1 aromatic carbocycles. The second-order valence-corrected chi connectivity index (χ2v) is 4.78. The van der Waals surface area contributed by atoms with Crippen molar-refractivity contribution in [2.45, 2.75) is 6.54 Å². The van der Waals surface area contributed by atoms with Gasteiger partial charge in [-0.3, -0.25) is 0 Å². The summed E-state index contributed by atoms with van der Waals surface area (Å²) in [6, 6.07) is 9.96. The molecule has 0 amide bonds.